The molecule has 194 valence electrons. The molecule has 0 unspecified atom stereocenters. The third-order valence-corrected chi connectivity index (χ3v) is 6.20. The second kappa shape index (κ2) is 12.4. The van der Waals surface area contributed by atoms with Gasteiger partial charge >= 0.3 is 0 Å². The molecule has 1 aliphatic rings. The SMILES string of the molecule is COc1ccc(Cl)cc1N(C(=O)CNC(=O)c1ccco1)[C@H](C(=O)NC[C@@H]1CCCO1)c1ccccc1. The van der Waals surface area contributed by atoms with Crippen molar-refractivity contribution in [1.82, 2.24) is 10.6 Å². The fourth-order valence-electron chi connectivity index (χ4n) is 4.17. The van der Waals surface area contributed by atoms with Gasteiger partial charge in [0.25, 0.3) is 5.91 Å². The highest BCUT2D eigenvalue weighted by molar-refractivity contribution is 6.31. The first kappa shape index (κ1) is 26.2. The summed E-state index contributed by atoms with van der Waals surface area (Å²) in [6.45, 7) is 0.562. The highest BCUT2D eigenvalue weighted by atomic mass is 35.5. The van der Waals surface area contributed by atoms with Gasteiger partial charge in [0.05, 0.1) is 31.7 Å². The topological polar surface area (TPSA) is 110 Å². The van der Waals surface area contributed by atoms with Gasteiger partial charge in [0.15, 0.2) is 5.76 Å². The molecule has 9 nitrogen and oxygen atoms in total. The highest BCUT2D eigenvalue weighted by Crippen LogP contribution is 2.37. The van der Waals surface area contributed by atoms with Crippen molar-refractivity contribution in [3.63, 3.8) is 0 Å². The van der Waals surface area contributed by atoms with Crippen molar-refractivity contribution >= 4 is 35.0 Å². The molecular formula is C27H28ClN3O6. The predicted molar refractivity (Wildman–Crippen MR) is 138 cm³/mol. The molecule has 37 heavy (non-hydrogen) atoms. The second-order valence-corrected chi connectivity index (χ2v) is 8.87. The first-order valence-corrected chi connectivity index (χ1v) is 12.3. The number of nitrogens with zero attached hydrogens (tertiary/aromatic N) is 1. The van der Waals surface area contributed by atoms with Crippen molar-refractivity contribution < 1.29 is 28.3 Å². The van der Waals surface area contributed by atoms with E-state index in [9.17, 15) is 14.4 Å². The Hall–Kier alpha value is -3.82. The van der Waals surface area contributed by atoms with E-state index in [1.807, 2.05) is 6.07 Å². The Balaban J connectivity index is 1.70. The number of ether oxygens (including phenoxy) is 2. The van der Waals surface area contributed by atoms with Crippen LogP contribution in [0.4, 0.5) is 5.69 Å². The molecule has 1 aromatic heterocycles. The first-order chi connectivity index (χ1) is 18.0. The van der Waals surface area contributed by atoms with Crippen LogP contribution in [0.25, 0.3) is 0 Å². The van der Waals surface area contributed by atoms with Crippen LogP contribution in [-0.2, 0) is 14.3 Å². The lowest BCUT2D eigenvalue weighted by atomic mass is 10.0. The Morgan fingerprint density at radius 1 is 1.11 bits per heavy atom. The van der Waals surface area contributed by atoms with E-state index in [0.29, 0.717) is 29.5 Å². The van der Waals surface area contributed by atoms with Crippen LogP contribution in [-0.4, -0.2) is 50.6 Å². The molecule has 3 amide bonds. The maximum atomic E-state index is 13.8. The zero-order chi connectivity index (χ0) is 26.2. The summed E-state index contributed by atoms with van der Waals surface area (Å²) in [6.07, 6.45) is 3.06. The molecule has 4 rings (SSSR count). The number of carbonyl (C=O) groups excluding carboxylic acids is 3. The smallest absolute Gasteiger partial charge is 0.287 e. The third-order valence-electron chi connectivity index (χ3n) is 5.96. The summed E-state index contributed by atoms with van der Waals surface area (Å²) in [4.78, 5) is 41.2. The van der Waals surface area contributed by atoms with Gasteiger partial charge in [0.1, 0.15) is 11.8 Å². The van der Waals surface area contributed by atoms with Gasteiger partial charge in [-0.25, -0.2) is 0 Å². The number of methoxy groups -OCH3 is 1. The van der Waals surface area contributed by atoms with Gasteiger partial charge in [-0.05, 0) is 48.7 Å². The standard InChI is InChI=1S/C27H28ClN3O6/c1-35-22-12-11-19(28)15-21(22)31(24(32)17-30-26(33)23-10-6-14-37-23)25(18-7-3-2-4-8-18)27(34)29-16-20-9-5-13-36-20/h2-4,6-8,10-12,14-15,20,25H,5,9,13,16-17H2,1H3,(H,29,34)(H,30,33)/t20-,25-/m0/s1. The zero-order valence-corrected chi connectivity index (χ0v) is 21.1. The van der Waals surface area contributed by atoms with Crippen LogP contribution in [0.5, 0.6) is 5.75 Å². The van der Waals surface area contributed by atoms with Crippen molar-refractivity contribution in [2.75, 3.05) is 31.7 Å². The van der Waals surface area contributed by atoms with E-state index >= 15 is 0 Å². The van der Waals surface area contributed by atoms with E-state index in [2.05, 4.69) is 10.6 Å². The normalized spacial score (nSPS) is 15.6. The summed E-state index contributed by atoms with van der Waals surface area (Å²) < 4.78 is 16.3. The molecule has 0 aliphatic carbocycles. The Morgan fingerprint density at radius 2 is 1.92 bits per heavy atom. The molecule has 10 heteroatoms. The highest BCUT2D eigenvalue weighted by Gasteiger charge is 2.35. The maximum absolute atomic E-state index is 13.8. The number of nitrogens with one attached hydrogen (secondary N) is 2. The number of hydrogen-bond acceptors (Lipinski definition) is 6. The number of halogens is 1. The molecular weight excluding hydrogens is 498 g/mol. The third kappa shape index (κ3) is 6.49. The fourth-order valence-corrected chi connectivity index (χ4v) is 4.34. The lowest BCUT2D eigenvalue weighted by Gasteiger charge is -2.32. The monoisotopic (exact) mass is 525 g/mol. The van der Waals surface area contributed by atoms with Crippen LogP contribution < -0.4 is 20.3 Å². The Labute approximate surface area is 219 Å². The van der Waals surface area contributed by atoms with Crippen molar-refractivity contribution in [2.24, 2.45) is 0 Å². The summed E-state index contributed by atoms with van der Waals surface area (Å²) >= 11 is 6.30. The molecule has 0 saturated carbocycles. The summed E-state index contributed by atoms with van der Waals surface area (Å²) in [5, 5.41) is 5.84. The van der Waals surface area contributed by atoms with E-state index in [-0.39, 0.29) is 17.6 Å². The Kier molecular flexibility index (Phi) is 8.81. The molecule has 2 N–H and O–H groups in total. The number of rotatable bonds is 10. The minimum Gasteiger partial charge on any atom is -0.495 e. The predicted octanol–water partition coefficient (Wildman–Crippen LogP) is 3.74. The maximum Gasteiger partial charge on any atom is 0.287 e. The van der Waals surface area contributed by atoms with Crippen LogP contribution in [0.15, 0.2) is 71.3 Å². The van der Waals surface area contributed by atoms with Crippen LogP contribution in [0.2, 0.25) is 5.02 Å². The average molecular weight is 526 g/mol. The molecule has 1 aliphatic heterocycles. The molecule has 2 aromatic carbocycles. The Bertz CT molecular complexity index is 1210. The number of hydrogen-bond donors (Lipinski definition) is 2. The molecule has 2 atom stereocenters. The quantitative estimate of drug-likeness (QED) is 0.417. The summed E-state index contributed by atoms with van der Waals surface area (Å²) in [7, 11) is 1.46. The van der Waals surface area contributed by atoms with Crippen LogP contribution >= 0.6 is 11.6 Å². The molecule has 1 saturated heterocycles. The van der Waals surface area contributed by atoms with Gasteiger partial charge in [0.2, 0.25) is 11.8 Å². The van der Waals surface area contributed by atoms with Crippen LogP contribution in [0.3, 0.4) is 0 Å². The molecule has 0 spiro atoms. The van der Waals surface area contributed by atoms with E-state index in [4.69, 9.17) is 25.5 Å². The average Bonchev–Trinajstić information content (AvgIpc) is 3.64. The molecule has 1 fully saturated rings. The molecule has 0 radical (unpaired) electrons. The lowest BCUT2D eigenvalue weighted by Crippen LogP contribution is -2.48. The molecule has 0 bridgehead atoms. The lowest BCUT2D eigenvalue weighted by molar-refractivity contribution is -0.126. The second-order valence-electron chi connectivity index (χ2n) is 8.43. The van der Waals surface area contributed by atoms with Crippen molar-refractivity contribution in [2.45, 2.75) is 25.0 Å². The fraction of sp³-hybridized carbons (Fsp3) is 0.296. The summed E-state index contributed by atoms with van der Waals surface area (Å²) in [5.74, 6) is -1.12. The van der Waals surface area contributed by atoms with Crippen molar-refractivity contribution in [1.29, 1.82) is 0 Å². The minimum absolute atomic E-state index is 0.0635. The van der Waals surface area contributed by atoms with Gasteiger partial charge < -0.3 is 24.5 Å². The number of furan rings is 1. The van der Waals surface area contributed by atoms with Gasteiger partial charge in [-0.1, -0.05) is 41.9 Å². The number of anilines is 1. The summed E-state index contributed by atoms with van der Waals surface area (Å²) in [5.41, 5.74) is 0.855. The minimum atomic E-state index is -1.08. The zero-order valence-electron chi connectivity index (χ0n) is 20.3. The molecule has 3 aromatic rings. The Morgan fingerprint density at radius 3 is 2.59 bits per heavy atom. The van der Waals surface area contributed by atoms with Gasteiger partial charge in [-0.15, -0.1) is 0 Å². The van der Waals surface area contributed by atoms with Gasteiger partial charge in [-0.3, -0.25) is 19.3 Å². The van der Waals surface area contributed by atoms with E-state index < -0.39 is 30.3 Å². The van der Waals surface area contributed by atoms with Crippen molar-refractivity contribution in [3.05, 3.63) is 83.3 Å². The van der Waals surface area contributed by atoms with Crippen molar-refractivity contribution in [3.8, 4) is 5.75 Å². The van der Waals surface area contributed by atoms with E-state index in [0.717, 1.165) is 12.8 Å². The summed E-state index contributed by atoms with van der Waals surface area (Å²) in [6, 6.07) is 15.7. The number of amides is 3. The first-order valence-electron chi connectivity index (χ1n) is 11.9. The van der Waals surface area contributed by atoms with E-state index in [1.54, 1.807) is 48.5 Å². The van der Waals surface area contributed by atoms with Crippen LogP contribution in [0.1, 0.15) is 35.0 Å². The van der Waals surface area contributed by atoms with E-state index in [1.165, 1.54) is 24.3 Å². The van der Waals surface area contributed by atoms with Gasteiger partial charge in [-0.2, -0.15) is 0 Å². The molecule has 2 heterocycles. The van der Waals surface area contributed by atoms with Crippen LogP contribution in [0, 0.1) is 0 Å². The van der Waals surface area contributed by atoms with Gasteiger partial charge in [0, 0.05) is 18.2 Å². The number of carbonyl (C=O) groups is 3. The largest absolute Gasteiger partial charge is 0.495 e. The number of benzene rings is 2.